The van der Waals surface area contributed by atoms with Crippen LogP contribution in [0.3, 0.4) is 0 Å². The van der Waals surface area contributed by atoms with Crippen LogP contribution >= 0.6 is 23.4 Å². The maximum Gasteiger partial charge on any atom is 0.209 e. The van der Waals surface area contributed by atoms with E-state index in [0.29, 0.717) is 11.6 Å². The fourth-order valence-electron chi connectivity index (χ4n) is 2.05. The summed E-state index contributed by atoms with van der Waals surface area (Å²) in [6.45, 7) is 1.50. The average Bonchev–Trinajstić information content (AvgIpc) is 3.17. The number of nitrogens with zero attached hydrogens (tertiary/aromatic N) is 4. The lowest BCUT2D eigenvalue weighted by atomic mass is 10.2. The van der Waals surface area contributed by atoms with E-state index in [-0.39, 0.29) is 0 Å². The van der Waals surface area contributed by atoms with Crippen molar-refractivity contribution in [2.24, 2.45) is 7.05 Å². The molecule has 0 unspecified atom stereocenters. The van der Waals surface area contributed by atoms with Crippen LogP contribution in [0.1, 0.15) is 5.76 Å². The molecule has 0 fully saturated rings. The van der Waals surface area contributed by atoms with Gasteiger partial charge < -0.3 is 9.73 Å². The van der Waals surface area contributed by atoms with Gasteiger partial charge in [-0.1, -0.05) is 35.5 Å². The number of aryl methyl sites for hydroxylation is 1. The molecular weight excluding hydrogens is 334 g/mol. The van der Waals surface area contributed by atoms with E-state index in [2.05, 4.69) is 20.8 Å². The second-order valence-electron chi connectivity index (χ2n) is 4.86. The van der Waals surface area contributed by atoms with Crippen molar-refractivity contribution in [1.82, 2.24) is 25.5 Å². The van der Waals surface area contributed by atoms with Crippen molar-refractivity contribution in [2.45, 2.75) is 11.7 Å². The Balaban J connectivity index is 1.46. The predicted octanol–water partition coefficient (Wildman–Crippen LogP) is 3.01. The second kappa shape index (κ2) is 7.63. The first-order chi connectivity index (χ1) is 11.2. The van der Waals surface area contributed by atoms with Gasteiger partial charge in [0, 0.05) is 24.9 Å². The van der Waals surface area contributed by atoms with Gasteiger partial charge in [-0.05, 0) is 34.7 Å². The van der Waals surface area contributed by atoms with Crippen molar-refractivity contribution >= 4 is 23.4 Å². The lowest BCUT2D eigenvalue weighted by Gasteiger charge is -2.03. The number of aromatic nitrogens is 4. The Morgan fingerprint density at radius 1 is 1.26 bits per heavy atom. The van der Waals surface area contributed by atoms with Crippen molar-refractivity contribution in [2.75, 3.05) is 12.3 Å². The molecule has 3 rings (SSSR count). The molecule has 1 aromatic carbocycles. The minimum Gasteiger partial charge on any atom is -0.460 e. The smallest absolute Gasteiger partial charge is 0.209 e. The van der Waals surface area contributed by atoms with E-state index in [0.717, 1.165) is 34.5 Å². The monoisotopic (exact) mass is 349 g/mol. The van der Waals surface area contributed by atoms with Crippen LogP contribution < -0.4 is 5.32 Å². The van der Waals surface area contributed by atoms with Gasteiger partial charge >= 0.3 is 0 Å². The Morgan fingerprint density at radius 2 is 2.13 bits per heavy atom. The van der Waals surface area contributed by atoms with E-state index in [1.165, 1.54) is 0 Å². The largest absolute Gasteiger partial charge is 0.460 e. The highest BCUT2D eigenvalue weighted by atomic mass is 35.5. The molecule has 6 nitrogen and oxygen atoms in total. The van der Waals surface area contributed by atoms with Gasteiger partial charge in [0.05, 0.1) is 11.6 Å². The normalized spacial score (nSPS) is 11.0. The number of benzene rings is 1. The molecule has 0 radical (unpaired) electrons. The molecule has 3 aromatic rings. The maximum atomic E-state index is 6.18. The predicted molar refractivity (Wildman–Crippen MR) is 90.4 cm³/mol. The maximum absolute atomic E-state index is 6.18. The Morgan fingerprint density at radius 3 is 2.91 bits per heavy atom. The molecule has 1 N–H and O–H groups in total. The van der Waals surface area contributed by atoms with Crippen molar-refractivity contribution < 1.29 is 4.42 Å². The molecule has 0 spiro atoms. The Kier molecular flexibility index (Phi) is 5.32. The Labute approximate surface area is 143 Å². The summed E-state index contributed by atoms with van der Waals surface area (Å²) in [6.07, 6.45) is 0. The van der Waals surface area contributed by atoms with Crippen molar-refractivity contribution in [1.29, 1.82) is 0 Å². The summed E-state index contributed by atoms with van der Waals surface area (Å²) in [5.41, 5.74) is 0.908. The number of hydrogen-bond acceptors (Lipinski definition) is 6. The van der Waals surface area contributed by atoms with Gasteiger partial charge in [-0.15, -0.1) is 5.10 Å². The topological polar surface area (TPSA) is 68.8 Å². The molecule has 2 aromatic heterocycles. The van der Waals surface area contributed by atoms with E-state index >= 15 is 0 Å². The molecule has 8 heteroatoms. The SMILES string of the molecule is Cn1nnnc1SCCNCc1ccc(-c2ccccc2Cl)o1. The number of furan rings is 1. The third-order valence-corrected chi connectivity index (χ3v) is 4.53. The summed E-state index contributed by atoms with van der Waals surface area (Å²) < 4.78 is 7.49. The molecule has 2 heterocycles. The van der Waals surface area contributed by atoms with Gasteiger partial charge in [-0.3, -0.25) is 0 Å². The van der Waals surface area contributed by atoms with Gasteiger partial charge in [0.25, 0.3) is 0 Å². The molecule has 120 valence electrons. The van der Waals surface area contributed by atoms with E-state index < -0.39 is 0 Å². The number of thioether (sulfide) groups is 1. The zero-order chi connectivity index (χ0) is 16.1. The third kappa shape index (κ3) is 4.13. The van der Waals surface area contributed by atoms with Crippen LogP contribution in [0, 0.1) is 0 Å². The van der Waals surface area contributed by atoms with Crippen LogP contribution in [0.25, 0.3) is 11.3 Å². The van der Waals surface area contributed by atoms with Gasteiger partial charge in [0.2, 0.25) is 5.16 Å². The molecular formula is C15H16ClN5OS. The number of tetrazole rings is 1. The van der Waals surface area contributed by atoms with E-state index in [1.54, 1.807) is 16.4 Å². The van der Waals surface area contributed by atoms with Crippen LogP contribution in [-0.4, -0.2) is 32.5 Å². The molecule has 0 aliphatic heterocycles. The summed E-state index contributed by atoms with van der Waals surface area (Å²) in [4.78, 5) is 0. The number of nitrogens with one attached hydrogen (secondary N) is 1. The Bertz CT molecular complexity index is 773. The zero-order valence-corrected chi connectivity index (χ0v) is 14.1. The average molecular weight is 350 g/mol. The Hall–Kier alpha value is -1.83. The second-order valence-corrected chi connectivity index (χ2v) is 6.33. The first-order valence-corrected chi connectivity index (χ1v) is 8.50. The summed E-state index contributed by atoms with van der Waals surface area (Å²) in [6, 6.07) is 11.6. The fraction of sp³-hybridized carbons (Fsp3) is 0.267. The molecule has 23 heavy (non-hydrogen) atoms. The molecule has 0 atom stereocenters. The zero-order valence-electron chi connectivity index (χ0n) is 12.6. The lowest BCUT2D eigenvalue weighted by Crippen LogP contribution is -2.16. The van der Waals surface area contributed by atoms with E-state index in [1.807, 2.05) is 43.4 Å². The van der Waals surface area contributed by atoms with Crippen LogP contribution in [0.4, 0.5) is 0 Å². The molecule has 0 aliphatic rings. The van der Waals surface area contributed by atoms with Crippen molar-refractivity contribution in [3.8, 4) is 11.3 Å². The standard InChI is InChI=1S/C15H16ClN5OS/c1-21-15(18-19-20-21)23-9-8-17-10-11-6-7-14(22-11)12-4-2-3-5-13(12)16/h2-7,17H,8-10H2,1H3. The summed E-state index contributed by atoms with van der Waals surface area (Å²) in [7, 11) is 1.83. The number of rotatable bonds is 7. The van der Waals surface area contributed by atoms with Crippen LogP contribution in [-0.2, 0) is 13.6 Å². The molecule has 0 saturated carbocycles. The van der Waals surface area contributed by atoms with Gasteiger partial charge in [-0.2, -0.15) is 0 Å². The highest BCUT2D eigenvalue weighted by Crippen LogP contribution is 2.28. The van der Waals surface area contributed by atoms with Crippen molar-refractivity contribution in [3.63, 3.8) is 0 Å². The van der Waals surface area contributed by atoms with E-state index in [4.69, 9.17) is 16.0 Å². The van der Waals surface area contributed by atoms with Crippen LogP contribution in [0.5, 0.6) is 0 Å². The molecule has 0 bridgehead atoms. The quantitative estimate of drug-likeness (QED) is 0.522. The molecule has 0 amide bonds. The number of hydrogen-bond donors (Lipinski definition) is 1. The van der Waals surface area contributed by atoms with Crippen LogP contribution in [0.15, 0.2) is 46.0 Å². The minimum absolute atomic E-state index is 0.669. The minimum atomic E-state index is 0.669. The molecule has 0 saturated heterocycles. The van der Waals surface area contributed by atoms with Gasteiger partial charge in [0.1, 0.15) is 11.5 Å². The fourth-order valence-corrected chi connectivity index (χ4v) is 3.02. The number of halogens is 1. The lowest BCUT2D eigenvalue weighted by molar-refractivity contribution is 0.499. The first kappa shape index (κ1) is 16.0. The van der Waals surface area contributed by atoms with E-state index in [9.17, 15) is 0 Å². The highest BCUT2D eigenvalue weighted by Gasteiger charge is 2.08. The van der Waals surface area contributed by atoms with Crippen LogP contribution in [0.2, 0.25) is 5.02 Å². The van der Waals surface area contributed by atoms with Gasteiger partial charge in [-0.25, -0.2) is 4.68 Å². The van der Waals surface area contributed by atoms with Crippen molar-refractivity contribution in [3.05, 3.63) is 47.2 Å². The first-order valence-electron chi connectivity index (χ1n) is 7.13. The third-order valence-electron chi connectivity index (χ3n) is 3.19. The molecule has 0 aliphatic carbocycles. The summed E-state index contributed by atoms with van der Waals surface area (Å²) in [5.74, 6) is 2.55. The summed E-state index contributed by atoms with van der Waals surface area (Å²) in [5, 5.41) is 16.2. The highest BCUT2D eigenvalue weighted by molar-refractivity contribution is 7.99. The summed E-state index contributed by atoms with van der Waals surface area (Å²) >= 11 is 7.79. The van der Waals surface area contributed by atoms with Gasteiger partial charge in [0.15, 0.2) is 0 Å².